The molecule has 23 heavy (non-hydrogen) atoms. The van der Waals surface area contributed by atoms with Gasteiger partial charge in [0, 0.05) is 18.2 Å². The van der Waals surface area contributed by atoms with Crippen molar-refractivity contribution in [1.82, 2.24) is 4.48 Å². The number of carbonyl (C=O) groups is 1. The average Bonchev–Trinajstić information content (AvgIpc) is 2.55. The number of nitrogens with zero attached hydrogens (tertiary/aromatic N) is 1. The predicted molar refractivity (Wildman–Crippen MR) is 97.3 cm³/mol. The summed E-state index contributed by atoms with van der Waals surface area (Å²) < 4.78 is 0.0344. The predicted octanol–water partition coefficient (Wildman–Crippen LogP) is 4.18. The second kappa shape index (κ2) is 6.80. The van der Waals surface area contributed by atoms with E-state index < -0.39 is 0 Å². The van der Waals surface area contributed by atoms with Crippen molar-refractivity contribution in [3.63, 3.8) is 0 Å². The van der Waals surface area contributed by atoms with Crippen LogP contribution in [-0.2, 0) is 4.79 Å². The van der Waals surface area contributed by atoms with E-state index in [-0.39, 0.29) is 45.7 Å². The molecule has 5 heteroatoms. The first kappa shape index (κ1) is 18.2. The van der Waals surface area contributed by atoms with Crippen LogP contribution in [0.25, 0.3) is 5.76 Å². The van der Waals surface area contributed by atoms with Gasteiger partial charge in [0.2, 0.25) is 0 Å². The minimum atomic E-state index is -0.124. The molecule has 0 aromatic heterocycles. The van der Waals surface area contributed by atoms with Gasteiger partial charge in [-0.25, -0.2) is 4.79 Å². The average molecular weight is 339 g/mol. The Morgan fingerprint density at radius 1 is 1.09 bits per heavy atom. The van der Waals surface area contributed by atoms with Crippen molar-refractivity contribution in [3.05, 3.63) is 64.7 Å². The zero-order valence-electron chi connectivity index (χ0n) is 12.5. The van der Waals surface area contributed by atoms with Gasteiger partial charge >= 0.3 is 35.5 Å². The summed E-state index contributed by atoms with van der Waals surface area (Å²) in [5, 5.41) is 10.9. The van der Waals surface area contributed by atoms with Crippen molar-refractivity contribution in [3.8, 4) is 0 Å². The molecule has 1 atom stereocenters. The normalized spacial score (nSPS) is 20.0. The summed E-state index contributed by atoms with van der Waals surface area (Å²) in [5.41, 5.74) is 2.47. The number of likely N-dealkylation sites (N-methyl/N-ethyl adjacent to an activating group) is 1. The van der Waals surface area contributed by atoms with Gasteiger partial charge in [-0.3, -0.25) is 0 Å². The van der Waals surface area contributed by atoms with Crippen molar-refractivity contribution in [2.24, 2.45) is 0 Å². The summed E-state index contributed by atoms with van der Waals surface area (Å²) in [4.78, 5) is 13.1. The number of fused-ring (bicyclic) bond motifs is 1. The second-order valence-corrected chi connectivity index (χ2v) is 5.78. The summed E-state index contributed by atoms with van der Waals surface area (Å²) >= 11 is 6.31. The Labute approximate surface area is 163 Å². The summed E-state index contributed by atoms with van der Waals surface area (Å²) in [5.74, 6) is -0.148. The van der Waals surface area contributed by atoms with Crippen LogP contribution in [0.5, 0.6) is 0 Å². The zero-order valence-corrected chi connectivity index (χ0v) is 13.3. The molecule has 1 aliphatic heterocycles. The third kappa shape index (κ3) is 2.57. The number of benzene rings is 2. The molecule has 1 N–H and O–H groups in total. The van der Waals surface area contributed by atoms with E-state index in [4.69, 9.17) is 11.6 Å². The number of hydrogen-bond donors (Lipinski definition) is 1. The number of aliphatic hydroxyl groups is 1. The molecule has 0 fully saturated rings. The monoisotopic (exact) mass is 338 g/mol. The third-order valence-corrected chi connectivity index (χ3v) is 4.65. The molecule has 0 saturated heterocycles. The third-order valence-electron chi connectivity index (χ3n) is 4.33. The van der Waals surface area contributed by atoms with Crippen molar-refractivity contribution in [2.45, 2.75) is 13.8 Å². The Morgan fingerprint density at radius 3 is 2.35 bits per heavy atom. The molecular weight excluding hydrogens is 321 g/mol. The molecule has 1 aliphatic rings. The Kier molecular flexibility index (Phi) is 5.39. The van der Waals surface area contributed by atoms with E-state index in [9.17, 15) is 9.90 Å². The fraction of sp³-hybridized carbons (Fsp3) is 0.167. The summed E-state index contributed by atoms with van der Waals surface area (Å²) in [6, 6.07) is 15.0. The standard InChI is InChI=1S/C18H16ClNO2.Na.H/c1-3-20(13-8-5-4-6-9-13)15-11-7-10-14(19)16(15)17(21)12(2)18(20)22;;/h4-11H,3H2,1-2H3;;/p+1. The number of aliphatic hydroxyl groups excluding tert-OH is 1. The Bertz CT molecular complexity index is 789. The van der Waals surface area contributed by atoms with Gasteiger partial charge in [-0.2, -0.15) is 4.48 Å². The molecule has 3 rings (SSSR count). The van der Waals surface area contributed by atoms with Crippen LogP contribution in [0.15, 0.2) is 54.1 Å². The van der Waals surface area contributed by atoms with Gasteiger partial charge in [0.25, 0.3) is 0 Å². The SMILES string of the molecule is CC[N+]1(c2ccccc2)C(=O)C(C)=C(O)c2c(Cl)cccc21.[NaH]. The van der Waals surface area contributed by atoms with Crippen molar-refractivity contribution < 1.29 is 9.90 Å². The van der Waals surface area contributed by atoms with Crippen molar-refractivity contribution in [1.29, 1.82) is 0 Å². The molecule has 0 radical (unpaired) electrons. The van der Waals surface area contributed by atoms with E-state index in [0.29, 0.717) is 28.4 Å². The molecule has 0 spiro atoms. The molecule has 0 saturated carbocycles. The van der Waals surface area contributed by atoms with Crippen molar-refractivity contribution in [2.75, 3.05) is 6.54 Å². The van der Waals surface area contributed by atoms with Crippen molar-refractivity contribution >= 4 is 64.2 Å². The molecule has 1 amide bonds. The van der Waals surface area contributed by atoms with Crippen LogP contribution >= 0.6 is 11.6 Å². The molecule has 2 aromatic rings. The van der Waals surface area contributed by atoms with Gasteiger partial charge in [-0.1, -0.05) is 35.9 Å². The topological polar surface area (TPSA) is 37.3 Å². The number of halogens is 1. The van der Waals surface area contributed by atoms with Gasteiger partial charge in [0.1, 0.15) is 11.4 Å². The first-order valence-corrected chi connectivity index (χ1v) is 7.59. The van der Waals surface area contributed by atoms with Gasteiger partial charge in [0.15, 0.2) is 5.69 Å². The van der Waals surface area contributed by atoms with Crippen LogP contribution in [0.4, 0.5) is 11.4 Å². The Hall–Kier alpha value is -1.10. The number of amides is 1. The maximum absolute atomic E-state index is 13.1. The number of hydrogen-bond acceptors (Lipinski definition) is 2. The summed E-state index contributed by atoms with van der Waals surface area (Å²) in [6.07, 6.45) is 0. The molecule has 2 aromatic carbocycles. The molecule has 1 unspecified atom stereocenters. The van der Waals surface area contributed by atoms with E-state index in [1.165, 1.54) is 0 Å². The molecular formula is C18H18ClNNaO2+. The molecule has 0 aliphatic carbocycles. The molecule has 0 bridgehead atoms. The van der Waals surface area contributed by atoms with Gasteiger partial charge in [0.05, 0.1) is 22.7 Å². The van der Waals surface area contributed by atoms with Crippen LogP contribution in [0.1, 0.15) is 19.4 Å². The Balaban J connectivity index is 0.00000192. The quantitative estimate of drug-likeness (QED) is 0.659. The van der Waals surface area contributed by atoms with Crippen LogP contribution in [0, 0.1) is 0 Å². The second-order valence-electron chi connectivity index (χ2n) is 5.37. The minimum absolute atomic E-state index is 0. The maximum atomic E-state index is 13.1. The Morgan fingerprint density at radius 2 is 1.74 bits per heavy atom. The summed E-state index contributed by atoms with van der Waals surface area (Å²) in [6.45, 7) is 4.15. The van der Waals surface area contributed by atoms with Crippen LogP contribution < -0.4 is 4.48 Å². The molecule has 1 heterocycles. The summed E-state index contributed by atoms with van der Waals surface area (Å²) in [7, 11) is 0. The van der Waals surface area contributed by atoms with Gasteiger partial charge in [-0.05, 0) is 19.9 Å². The molecule has 114 valence electrons. The number of carbonyl (C=O) groups excluding carboxylic acids is 1. The van der Waals surface area contributed by atoms with Crippen LogP contribution in [0.3, 0.4) is 0 Å². The fourth-order valence-corrected chi connectivity index (χ4v) is 3.44. The first-order chi connectivity index (χ1) is 10.5. The molecule has 3 nitrogen and oxygen atoms in total. The van der Waals surface area contributed by atoms with E-state index in [1.807, 2.05) is 49.4 Å². The zero-order chi connectivity index (χ0) is 15.9. The number of quaternary nitrogens is 1. The number of rotatable bonds is 2. The fourth-order valence-electron chi connectivity index (χ4n) is 3.19. The van der Waals surface area contributed by atoms with Gasteiger partial charge in [-0.15, -0.1) is 0 Å². The van der Waals surface area contributed by atoms with E-state index in [1.54, 1.807) is 13.0 Å². The van der Waals surface area contributed by atoms with Crippen LogP contribution in [-0.4, -0.2) is 47.1 Å². The van der Waals surface area contributed by atoms with E-state index in [0.717, 1.165) is 5.69 Å². The first-order valence-electron chi connectivity index (χ1n) is 7.22. The van der Waals surface area contributed by atoms with Gasteiger partial charge < -0.3 is 5.11 Å². The number of para-hydroxylation sites is 1. The van der Waals surface area contributed by atoms with E-state index in [2.05, 4.69) is 0 Å². The van der Waals surface area contributed by atoms with Crippen LogP contribution in [0.2, 0.25) is 5.02 Å². The van der Waals surface area contributed by atoms with E-state index >= 15 is 0 Å².